The molecule has 0 spiro atoms. The fraction of sp³-hybridized carbons (Fsp3) is 0.700. The van der Waals surface area contributed by atoms with Crippen molar-refractivity contribution in [3.63, 3.8) is 0 Å². The summed E-state index contributed by atoms with van der Waals surface area (Å²) < 4.78 is 0. The van der Waals surface area contributed by atoms with Crippen LogP contribution in [0.5, 0.6) is 0 Å². The van der Waals surface area contributed by atoms with E-state index in [0.29, 0.717) is 0 Å². The summed E-state index contributed by atoms with van der Waals surface area (Å²) in [5.74, 6) is 0. The first-order valence-electron chi connectivity index (χ1n) is 4.53. The predicted molar refractivity (Wildman–Crippen MR) is 68.0 cm³/mol. The molecule has 0 aromatic heterocycles. The SMILES string of the molecule is C=CCN1C(C)(C)NC(=S)C1(C)C.Cl. The topological polar surface area (TPSA) is 15.3 Å². The Hall–Kier alpha value is -0.120. The van der Waals surface area contributed by atoms with Gasteiger partial charge in [0, 0.05) is 6.54 Å². The summed E-state index contributed by atoms with van der Waals surface area (Å²) in [6.45, 7) is 13.2. The molecule has 1 aliphatic rings. The van der Waals surface area contributed by atoms with E-state index < -0.39 is 0 Å². The highest BCUT2D eigenvalue weighted by Gasteiger charge is 2.47. The van der Waals surface area contributed by atoms with Gasteiger partial charge in [0.15, 0.2) is 0 Å². The third-order valence-corrected chi connectivity index (χ3v) is 3.24. The fourth-order valence-corrected chi connectivity index (χ4v) is 2.27. The van der Waals surface area contributed by atoms with Gasteiger partial charge in [-0.15, -0.1) is 19.0 Å². The smallest absolute Gasteiger partial charge is 0.0969 e. The van der Waals surface area contributed by atoms with Crippen LogP contribution in [0.1, 0.15) is 27.7 Å². The lowest BCUT2D eigenvalue weighted by atomic mass is 10.0. The maximum Gasteiger partial charge on any atom is 0.0969 e. The highest BCUT2D eigenvalue weighted by molar-refractivity contribution is 7.80. The molecule has 4 heteroatoms. The van der Waals surface area contributed by atoms with Crippen LogP contribution in [-0.4, -0.2) is 27.6 Å². The normalized spacial score (nSPS) is 23.9. The highest BCUT2D eigenvalue weighted by atomic mass is 35.5. The van der Waals surface area contributed by atoms with E-state index in [0.717, 1.165) is 11.5 Å². The number of nitrogens with one attached hydrogen (secondary N) is 1. The van der Waals surface area contributed by atoms with Gasteiger partial charge in [-0.05, 0) is 27.7 Å². The average molecular weight is 235 g/mol. The Kier molecular flexibility index (Phi) is 4.13. The molecule has 0 radical (unpaired) electrons. The Morgan fingerprint density at radius 3 is 2.21 bits per heavy atom. The molecule has 0 atom stereocenters. The minimum atomic E-state index is -0.0625. The van der Waals surface area contributed by atoms with Gasteiger partial charge in [-0.2, -0.15) is 0 Å². The van der Waals surface area contributed by atoms with Gasteiger partial charge in [0.05, 0.1) is 16.2 Å². The van der Waals surface area contributed by atoms with Gasteiger partial charge < -0.3 is 5.32 Å². The largest absolute Gasteiger partial charge is 0.361 e. The highest BCUT2D eigenvalue weighted by Crippen LogP contribution is 2.30. The van der Waals surface area contributed by atoms with E-state index >= 15 is 0 Å². The van der Waals surface area contributed by atoms with Gasteiger partial charge in [0.2, 0.25) is 0 Å². The minimum absolute atomic E-state index is 0. The van der Waals surface area contributed by atoms with Gasteiger partial charge in [0.1, 0.15) is 0 Å². The van der Waals surface area contributed by atoms with Crippen molar-refractivity contribution in [2.75, 3.05) is 6.54 Å². The Bertz CT molecular complexity index is 249. The van der Waals surface area contributed by atoms with Gasteiger partial charge >= 0.3 is 0 Å². The minimum Gasteiger partial charge on any atom is -0.361 e. The number of hydrogen-bond donors (Lipinski definition) is 1. The quantitative estimate of drug-likeness (QED) is 0.583. The molecule has 1 aliphatic heterocycles. The number of nitrogens with zero attached hydrogens (tertiary/aromatic N) is 1. The molecular weight excluding hydrogens is 216 g/mol. The maximum absolute atomic E-state index is 5.31. The lowest BCUT2D eigenvalue weighted by molar-refractivity contribution is 0.0965. The number of hydrogen-bond acceptors (Lipinski definition) is 2. The molecule has 0 amide bonds. The van der Waals surface area contributed by atoms with E-state index in [4.69, 9.17) is 12.2 Å². The van der Waals surface area contributed by atoms with Crippen molar-refractivity contribution in [3.05, 3.63) is 12.7 Å². The predicted octanol–water partition coefficient (Wildman–Crippen LogP) is 2.34. The van der Waals surface area contributed by atoms with Crippen LogP contribution in [0.4, 0.5) is 0 Å². The molecule has 1 fully saturated rings. The van der Waals surface area contributed by atoms with E-state index in [2.05, 4.69) is 44.5 Å². The second-order valence-electron chi connectivity index (χ2n) is 4.47. The van der Waals surface area contributed by atoms with Gasteiger partial charge in [-0.3, -0.25) is 4.90 Å². The molecule has 2 nitrogen and oxygen atoms in total. The molecule has 0 bridgehead atoms. The lowest BCUT2D eigenvalue weighted by Crippen LogP contribution is -2.51. The second kappa shape index (κ2) is 4.17. The molecule has 1 saturated heterocycles. The van der Waals surface area contributed by atoms with E-state index in [1.54, 1.807) is 0 Å². The Balaban J connectivity index is 0.00000169. The summed E-state index contributed by atoms with van der Waals surface area (Å²) in [5.41, 5.74) is -0.123. The molecule has 82 valence electrons. The molecule has 1 N–H and O–H groups in total. The standard InChI is InChI=1S/C10H18N2S.ClH/c1-6-7-12-9(2,3)8(13)11-10(12,4)5;/h6H,1,7H2,2-5H3,(H,11,13);1H. The Morgan fingerprint density at radius 1 is 1.43 bits per heavy atom. The monoisotopic (exact) mass is 234 g/mol. The van der Waals surface area contributed by atoms with Crippen LogP contribution >= 0.6 is 24.6 Å². The van der Waals surface area contributed by atoms with E-state index in [9.17, 15) is 0 Å². The summed E-state index contributed by atoms with van der Waals surface area (Å²) in [4.78, 5) is 3.23. The number of halogens is 1. The first kappa shape index (κ1) is 13.9. The molecule has 14 heavy (non-hydrogen) atoms. The van der Waals surface area contributed by atoms with Crippen molar-refractivity contribution >= 4 is 29.6 Å². The van der Waals surface area contributed by atoms with Crippen LogP contribution in [0.15, 0.2) is 12.7 Å². The lowest BCUT2D eigenvalue weighted by Gasteiger charge is -2.37. The van der Waals surface area contributed by atoms with Gasteiger partial charge in [-0.25, -0.2) is 0 Å². The molecule has 1 heterocycles. The van der Waals surface area contributed by atoms with Crippen LogP contribution in [0.2, 0.25) is 0 Å². The summed E-state index contributed by atoms with van der Waals surface area (Å²) in [7, 11) is 0. The third-order valence-electron chi connectivity index (χ3n) is 2.64. The van der Waals surface area contributed by atoms with Crippen LogP contribution in [0, 0.1) is 0 Å². The molecule has 0 saturated carbocycles. The van der Waals surface area contributed by atoms with Crippen molar-refractivity contribution in [2.45, 2.75) is 38.9 Å². The van der Waals surface area contributed by atoms with Crippen LogP contribution < -0.4 is 5.32 Å². The van der Waals surface area contributed by atoms with Crippen LogP contribution in [0.25, 0.3) is 0 Å². The van der Waals surface area contributed by atoms with Crippen molar-refractivity contribution < 1.29 is 0 Å². The summed E-state index contributed by atoms with van der Waals surface area (Å²) in [6.07, 6.45) is 1.92. The third kappa shape index (κ3) is 2.10. The van der Waals surface area contributed by atoms with Crippen molar-refractivity contribution in [3.8, 4) is 0 Å². The molecule has 0 aliphatic carbocycles. The van der Waals surface area contributed by atoms with Gasteiger partial charge in [0.25, 0.3) is 0 Å². The average Bonchev–Trinajstić information content (AvgIpc) is 2.10. The molecule has 0 aromatic carbocycles. The van der Waals surface area contributed by atoms with Crippen molar-refractivity contribution in [1.29, 1.82) is 0 Å². The van der Waals surface area contributed by atoms with Crippen LogP contribution in [-0.2, 0) is 0 Å². The zero-order valence-corrected chi connectivity index (χ0v) is 10.9. The molecule has 0 unspecified atom stereocenters. The summed E-state index contributed by atoms with van der Waals surface area (Å²) in [6, 6.07) is 0. The Morgan fingerprint density at radius 2 is 1.93 bits per heavy atom. The van der Waals surface area contributed by atoms with Crippen LogP contribution in [0.3, 0.4) is 0 Å². The summed E-state index contributed by atoms with van der Waals surface area (Å²) >= 11 is 5.31. The molecule has 1 rings (SSSR count). The summed E-state index contributed by atoms with van der Waals surface area (Å²) in [5, 5.41) is 3.33. The molecule has 0 aromatic rings. The van der Waals surface area contributed by atoms with E-state index in [1.165, 1.54) is 0 Å². The fourth-order valence-electron chi connectivity index (χ4n) is 1.91. The maximum atomic E-state index is 5.31. The zero-order valence-electron chi connectivity index (χ0n) is 9.26. The Labute approximate surface area is 98.1 Å². The van der Waals surface area contributed by atoms with Crippen molar-refractivity contribution in [2.24, 2.45) is 0 Å². The first-order valence-corrected chi connectivity index (χ1v) is 4.94. The van der Waals surface area contributed by atoms with Crippen molar-refractivity contribution in [1.82, 2.24) is 10.2 Å². The second-order valence-corrected chi connectivity index (χ2v) is 4.88. The number of thiocarbonyl (C=S) groups is 1. The first-order chi connectivity index (χ1) is 5.82. The van der Waals surface area contributed by atoms with E-state index in [1.807, 2.05) is 6.08 Å². The zero-order chi connectivity index (χ0) is 10.3. The van der Waals surface area contributed by atoms with Gasteiger partial charge in [-0.1, -0.05) is 18.3 Å². The van der Waals surface area contributed by atoms with E-state index in [-0.39, 0.29) is 23.6 Å². The number of rotatable bonds is 2. The molecular formula is C10H19ClN2S.